The number of rotatable bonds is 3. The second-order valence-corrected chi connectivity index (χ2v) is 6.98. The molecule has 2 aromatic carbocycles. The minimum Gasteiger partial charge on any atom is -0.276 e. The van der Waals surface area contributed by atoms with Crippen LogP contribution in [0.4, 0.5) is 16.2 Å². The van der Waals surface area contributed by atoms with Gasteiger partial charge in [0.2, 0.25) is 5.91 Å². The van der Waals surface area contributed by atoms with Gasteiger partial charge in [-0.25, -0.2) is 9.69 Å². The lowest BCUT2D eigenvalue weighted by Crippen LogP contribution is -2.58. The van der Waals surface area contributed by atoms with Crippen LogP contribution in [0.1, 0.15) is 5.56 Å². The minimum absolute atomic E-state index is 0.366. The van der Waals surface area contributed by atoms with Gasteiger partial charge in [0.05, 0.1) is 16.4 Å². The number of nitrogens with zero attached hydrogens (tertiary/aromatic N) is 2. The summed E-state index contributed by atoms with van der Waals surface area (Å²) >= 11 is 9.38. The van der Waals surface area contributed by atoms with Crippen molar-refractivity contribution in [2.45, 2.75) is 6.92 Å². The third-order valence-corrected chi connectivity index (χ3v) is 4.56. The smallest absolute Gasteiger partial charge is 0.276 e. The second-order valence-electron chi connectivity index (χ2n) is 5.66. The summed E-state index contributed by atoms with van der Waals surface area (Å²) in [4.78, 5) is 42.0. The summed E-state index contributed by atoms with van der Waals surface area (Å²) in [6.07, 6.45) is 1.19. The molecule has 0 bridgehead atoms. The van der Waals surface area contributed by atoms with Crippen LogP contribution in [0.25, 0.3) is 0 Å². The van der Waals surface area contributed by atoms with Crippen LogP contribution in [0.5, 0.6) is 0 Å². The van der Waals surface area contributed by atoms with Gasteiger partial charge in [-0.15, -0.1) is 0 Å². The first kappa shape index (κ1) is 18.3. The fourth-order valence-corrected chi connectivity index (χ4v) is 3.12. The Hall–Kier alpha value is -2.51. The molecule has 1 fully saturated rings. The van der Waals surface area contributed by atoms with E-state index in [0.29, 0.717) is 16.4 Å². The van der Waals surface area contributed by atoms with Gasteiger partial charge in [0.15, 0.2) is 5.92 Å². The first-order valence-electron chi connectivity index (χ1n) is 7.61. The van der Waals surface area contributed by atoms with E-state index in [2.05, 4.69) is 26.2 Å². The third-order valence-electron chi connectivity index (χ3n) is 3.77. The van der Waals surface area contributed by atoms with Crippen LogP contribution in [0.15, 0.2) is 51.9 Å². The lowest BCUT2D eigenvalue weighted by atomic mass is 10.1. The summed E-state index contributed by atoms with van der Waals surface area (Å²) in [5.74, 6) is -2.62. The standard InChI is InChI=1S/C18H13BrClN3O3/c1-10-2-5-12(6-3-10)23-17(25)13(16(24)22-18(23)26)9-21-15-7-4-11(19)8-14(15)20/h2-9,13H,1H3,(H,22,24,26)/t13-/m1/s1. The van der Waals surface area contributed by atoms with Crippen molar-refractivity contribution in [2.75, 3.05) is 4.90 Å². The Labute approximate surface area is 163 Å². The van der Waals surface area contributed by atoms with Gasteiger partial charge < -0.3 is 0 Å². The molecule has 0 spiro atoms. The van der Waals surface area contributed by atoms with Gasteiger partial charge in [-0.3, -0.25) is 19.9 Å². The molecule has 0 saturated carbocycles. The van der Waals surface area contributed by atoms with E-state index in [1.54, 1.807) is 42.5 Å². The largest absolute Gasteiger partial charge is 0.335 e. The summed E-state index contributed by atoms with van der Waals surface area (Å²) in [6.45, 7) is 1.89. The average molecular weight is 435 g/mol. The van der Waals surface area contributed by atoms with Crippen molar-refractivity contribution in [1.82, 2.24) is 5.32 Å². The number of aryl methyl sites for hydroxylation is 1. The van der Waals surface area contributed by atoms with Crippen LogP contribution < -0.4 is 10.2 Å². The first-order chi connectivity index (χ1) is 12.4. The normalized spacial score (nSPS) is 17.7. The summed E-state index contributed by atoms with van der Waals surface area (Å²) in [6, 6.07) is 11.1. The zero-order chi connectivity index (χ0) is 18.8. The van der Waals surface area contributed by atoms with Crippen LogP contribution in [0.3, 0.4) is 0 Å². The monoisotopic (exact) mass is 433 g/mol. The number of halogens is 2. The molecule has 1 N–H and O–H groups in total. The first-order valence-corrected chi connectivity index (χ1v) is 8.78. The molecule has 26 heavy (non-hydrogen) atoms. The zero-order valence-corrected chi connectivity index (χ0v) is 15.9. The summed E-state index contributed by atoms with van der Waals surface area (Å²) in [7, 11) is 0. The van der Waals surface area contributed by atoms with Gasteiger partial charge in [0.1, 0.15) is 0 Å². The van der Waals surface area contributed by atoms with Gasteiger partial charge in [-0.2, -0.15) is 0 Å². The molecule has 1 aliphatic heterocycles. The number of urea groups is 1. The molecule has 1 atom stereocenters. The van der Waals surface area contributed by atoms with Gasteiger partial charge >= 0.3 is 6.03 Å². The highest BCUT2D eigenvalue weighted by Gasteiger charge is 2.40. The number of nitrogens with one attached hydrogen (secondary N) is 1. The number of amides is 4. The Morgan fingerprint density at radius 3 is 2.50 bits per heavy atom. The van der Waals surface area contributed by atoms with Crippen molar-refractivity contribution in [3.05, 3.63) is 57.5 Å². The van der Waals surface area contributed by atoms with Crippen molar-refractivity contribution >= 4 is 63.0 Å². The summed E-state index contributed by atoms with van der Waals surface area (Å²) in [5, 5.41) is 2.54. The molecule has 1 aliphatic rings. The SMILES string of the molecule is Cc1ccc(N2C(=O)NC(=O)[C@@H](C=Nc3ccc(Br)cc3Cl)C2=O)cc1. The molecule has 6 nitrogen and oxygen atoms in total. The van der Waals surface area contributed by atoms with Crippen LogP contribution in [0, 0.1) is 12.8 Å². The molecule has 0 aliphatic carbocycles. The molecule has 0 unspecified atom stereocenters. The Balaban J connectivity index is 1.90. The Morgan fingerprint density at radius 2 is 1.85 bits per heavy atom. The number of carbonyl (C=O) groups excluding carboxylic acids is 3. The quantitative estimate of drug-likeness (QED) is 0.585. The van der Waals surface area contributed by atoms with E-state index in [-0.39, 0.29) is 0 Å². The Bertz CT molecular complexity index is 928. The number of barbiturate groups is 1. The molecule has 0 aromatic heterocycles. The van der Waals surface area contributed by atoms with Crippen molar-refractivity contribution in [3.63, 3.8) is 0 Å². The van der Waals surface area contributed by atoms with E-state index in [1.807, 2.05) is 6.92 Å². The fourth-order valence-electron chi connectivity index (χ4n) is 2.40. The highest BCUT2D eigenvalue weighted by Crippen LogP contribution is 2.28. The van der Waals surface area contributed by atoms with E-state index in [0.717, 1.165) is 14.9 Å². The maximum absolute atomic E-state index is 12.7. The Morgan fingerprint density at radius 1 is 1.15 bits per heavy atom. The van der Waals surface area contributed by atoms with Gasteiger partial charge in [-0.05, 0) is 37.3 Å². The van der Waals surface area contributed by atoms with E-state index >= 15 is 0 Å². The van der Waals surface area contributed by atoms with Crippen molar-refractivity contribution in [1.29, 1.82) is 0 Å². The molecule has 3 rings (SSSR count). The van der Waals surface area contributed by atoms with Crippen LogP contribution in [-0.4, -0.2) is 24.1 Å². The lowest BCUT2D eigenvalue weighted by molar-refractivity contribution is -0.131. The maximum Gasteiger partial charge on any atom is 0.335 e. The topological polar surface area (TPSA) is 78.8 Å². The number of aliphatic imine (C=N–C) groups is 1. The molecule has 8 heteroatoms. The predicted octanol–water partition coefficient (Wildman–Crippen LogP) is 4.01. The van der Waals surface area contributed by atoms with Gasteiger partial charge in [0, 0.05) is 10.7 Å². The average Bonchev–Trinajstić information content (AvgIpc) is 2.57. The van der Waals surface area contributed by atoms with Gasteiger partial charge in [0.25, 0.3) is 5.91 Å². The molecular weight excluding hydrogens is 422 g/mol. The highest BCUT2D eigenvalue weighted by molar-refractivity contribution is 9.10. The maximum atomic E-state index is 12.7. The minimum atomic E-state index is -1.23. The van der Waals surface area contributed by atoms with Crippen molar-refractivity contribution in [2.24, 2.45) is 10.9 Å². The molecular formula is C18H13BrClN3O3. The van der Waals surface area contributed by atoms with Crippen molar-refractivity contribution in [3.8, 4) is 0 Å². The van der Waals surface area contributed by atoms with Crippen LogP contribution >= 0.6 is 27.5 Å². The number of hydrogen-bond donors (Lipinski definition) is 1. The van der Waals surface area contributed by atoms with E-state index < -0.39 is 23.8 Å². The zero-order valence-electron chi connectivity index (χ0n) is 13.6. The molecule has 1 heterocycles. The fraction of sp³-hybridized carbons (Fsp3) is 0.111. The van der Waals surface area contributed by atoms with E-state index in [4.69, 9.17) is 11.6 Å². The van der Waals surface area contributed by atoms with Crippen molar-refractivity contribution < 1.29 is 14.4 Å². The molecule has 132 valence electrons. The number of anilines is 1. The number of carbonyl (C=O) groups is 3. The predicted molar refractivity (Wildman–Crippen MR) is 103 cm³/mol. The van der Waals surface area contributed by atoms with Crippen LogP contribution in [-0.2, 0) is 9.59 Å². The molecule has 1 saturated heterocycles. The molecule has 4 amide bonds. The van der Waals surface area contributed by atoms with Crippen LogP contribution in [0.2, 0.25) is 5.02 Å². The summed E-state index contributed by atoms with van der Waals surface area (Å²) < 4.78 is 0.782. The molecule has 2 aromatic rings. The van der Waals surface area contributed by atoms with E-state index in [9.17, 15) is 14.4 Å². The Kier molecular flexibility index (Phi) is 5.20. The van der Waals surface area contributed by atoms with Gasteiger partial charge in [-0.1, -0.05) is 45.2 Å². The number of benzene rings is 2. The number of imide groups is 2. The second kappa shape index (κ2) is 7.39. The number of hydrogen-bond acceptors (Lipinski definition) is 4. The highest BCUT2D eigenvalue weighted by atomic mass is 79.9. The van der Waals surface area contributed by atoms with E-state index in [1.165, 1.54) is 6.21 Å². The molecule has 0 radical (unpaired) electrons. The third kappa shape index (κ3) is 3.68. The summed E-state index contributed by atoms with van der Waals surface area (Å²) in [5.41, 5.74) is 1.78. The lowest BCUT2D eigenvalue weighted by Gasteiger charge is -2.28.